The molecule has 118 valence electrons. The van der Waals surface area contributed by atoms with Gasteiger partial charge in [0, 0.05) is 38.3 Å². The van der Waals surface area contributed by atoms with Gasteiger partial charge in [0.25, 0.3) is 0 Å². The highest BCUT2D eigenvalue weighted by atomic mass is 15.2. The van der Waals surface area contributed by atoms with Gasteiger partial charge in [-0.1, -0.05) is 36.8 Å². The van der Waals surface area contributed by atoms with Crippen molar-refractivity contribution < 1.29 is 0 Å². The van der Waals surface area contributed by atoms with Crippen LogP contribution in [-0.2, 0) is 6.54 Å². The Hall–Kier alpha value is -0.900. The third kappa shape index (κ3) is 5.10. The minimum absolute atomic E-state index is 0.576. The van der Waals surface area contributed by atoms with E-state index in [2.05, 4.69) is 54.0 Å². The number of nitrogens with zero attached hydrogens (tertiary/aromatic N) is 2. The molecule has 3 nitrogen and oxygen atoms in total. The van der Waals surface area contributed by atoms with Gasteiger partial charge in [0.15, 0.2) is 0 Å². The first kappa shape index (κ1) is 16.5. The van der Waals surface area contributed by atoms with Crippen molar-refractivity contribution in [1.29, 1.82) is 0 Å². The Morgan fingerprint density at radius 3 is 2.67 bits per heavy atom. The number of rotatable bonds is 7. The molecule has 0 amide bonds. The smallest absolute Gasteiger partial charge is 0.0237 e. The van der Waals surface area contributed by atoms with Crippen LogP contribution in [0.4, 0.5) is 0 Å². The summed E-state index contributed by atoms with van der Waals surface area (Å²) in [5.41, 5.74) is 7.19. The van der Waals surface area contributed by atoms with Crippen LogP contribution in [0.3, 0.4) is 0 Å². The summed E-state index contributed by atoms with van der Waals surface area (Å²) in [6, 6.07) is 12.1. The highest BCUT2D eigenvalue weighted by molar-refractivity contribution is 5.14. The Morgan fingerprint density at radius 1 is 1.24 bits per heavy atom. The second-order valence-electron chi connectivity index (χ2n) is 6.48. The average Bonchev–Trinajstić information content (AvgIpc) is 2.49. The van der Waals surface area contributed by atoms with Crippen LogP contribution in [0.1, 0.15) is 38.7 Å². The van der Waals surface area contributed by atoms with Crippen molar-refractivity contribution in [2.45, 2.75) is 51.7 Å². The van der Waals surface area contributed by atoms with Crippen LogP contribution < -0.4 is 5.73 Å². The maximum Gasteiger partial charge on any atom is 0.0237 e. The molecule has 1 aliphatic heterocycles. The van der Waals surface area contributed by atoms with Gasteiger partial charge in [0.1, 0.15) is 0 Å². The van der Waals surface area contributed by atoms with Crippen molar-refractivity contribution in [1.82, 2.24) is 9.80 Å². The summed E-state index contributed by atoms with van der Waals surface area (Å²) < 4.78 is 0. The lowest BCUT2D eigenvalue weighted by atomic mass is 10.0. The van der Waals surface area contributed by atoms with Crippen molar-refractivity contribution >= 4 is 0 Å². The van der Waals surface area contributed by atoms with Gasteiger partial charge < -0.3 is 5.73 Å². The molecule has 2 rings (SSSR count). The van der Waals surface area contributed by atoms with Crippen molar-refractivity contribution in [2.24, 2.45) is 5.73 Å². The fourth-order valence-corrected chi connectivity index (χ4v) is 3.27. The zero-order valence-electron chi connectivity index (χ0n) is 13.7. The lowest BCUT2D eigenvalue weighted by Crippen LogP contribution is -2.49. The Morgan fingerprint density at radius 2 is 2.00 bits per heavy atom. The Bertz CT molecular complexity index is 389. The van der Waals surface area contributed by atoms with E-state index < -0.39 is 0 Å². The minimum atomic E-state index is 0.576. The van der Waals surface area contributed by atoms with Crippen LogP contribution in [0, 0.1) is 0 Å². The molecule has 1 unspecified atom stereocenters. The number of benzene rings is 1. The Labute approximate surface area is 130 Å². The van der Waals surface area contributed by atoms with Crippen molar-refractivity contribution in [3.05, 3.63) is 35.9 Å². The molecule has 1 saturated heterocycles. The number of nitrogens with two attached hydrogens (primary N) is 1. The molecular formula is C18H31N3. The molecule has 0 spiro atoms. The van der Waals surface area contributed by atoms with Gasteiger partial charge in [-0.25, -0.2) is 0 Å². The van der Waals surface area contributed by atoms with E-state index in [4.69, 9.17) is 5.73 Å². The summed E-state index contributed by atoms with van der Waals surface area (Å²) >= 11 is 0. The fraction of sp³-hybridized carbons (Fsp3) is 0.667. The Balaban J connectivity index is 1.97. The van der Waals surface area contributed by atoms with E-state index in [1.54, 1.807) is 0 Å². The first-order valence-electron chi connectivity index (χ1n) is 8.42. The largest absolute Gasteiger partial charge is 0.329 e. The molecule has 1 heterocycles. The van der Waals surface area contributed by atoms with E-state index in [1.165, 1.54) is 31.4 Å². The van der Waals surface area contributed by atoms with Gasteiger partial charge in [0.05, 0.1) is 0 Å². The van der Waals surface area contributed by atoms with E-state index in [0.29, 0.717) is 12.1 Å². The average molecular weight is 289 g/mol. The first-order chi connectivity index (χ1) is 10.2. The summed E-state index contributed by atoms with van der Waals surface area (Å²) in [7, 11) is 0. The van der Waals surface area contributed by atoms with Crippen LogP contribution in [0.15, 0.2) is 30.3 Å². The fourth-order valence-electron chi connectivity index (χ4n) is 3.27. The summed E-state index contributed by atoms with van der Waals surface area (Å²) in [6.45, 7) is 9.86. The second kappa shape index (κ2) is 8.52. The number of likely N-dealkylation sites (tertiary alicyclic amines) is 1. The standard InChI is InChI=1S/C18H31N3/c1-16(2)21(14-17-8-4-3-5-9-17)15-18-10-6-7-12-20(18)13-11-19/h3-5,8-9,16,18H,6-7,10-15,19H2,1-2H3. The van der Waals surface area contributed by atoms with Gasteiger partial charge in [0.2, 0.25) is 0 Å². The van der Waals surface area contributed by atoms with E-state index in [0.717, 1.165) is 26.2 Å². The molecule has 3 heteroatoms. The molecule has 1 fully saturated rings. The third-order valence-electron chi connectivity index (χ3n) is 4.57. The van der Waals surface area contributed by atoms with Gasteiger partial charge >= 0.3 is 0 Å². The molecule has 0 aromatic heterocycles. The summed E-state index contributed by atoms with van der Waals surface area (Å²) in [5, 5.41) is 0. The lowest BCUT2D eigenvalue weighted by molar-refractivity contribution is 0.0893. The SMILES string of the molecule is CC(C)N(Cc1ccccc1)CC1CCCCN1CCN. The monoisotopic (exact) mass is 289 g/mol. The molecule has 1 aliphatic rings. The Kier molecular flexibility index (Phi) is 6.68. The molecule has 21 heavy (non-hydrogen) atoms. The maximum absolute atomic E-state index is 5.78. The van der Waals surface area contributed by atoms with Crippen LogP contribution >= 0.6 is 0 Å². The van der Waals surface area contributed by atoms with E-state index >= 15 is 0 Å². The molecule has 0 radical (unpaired) electrons. The number of hydrogen-bond donors (Lipinski definition) is 1. The predicted molar refractivity (Wildman–Crippen MR) is 90.3 cm³/mol. The molecular weight excluding hydrogens is 258 g/mol. The van der Waals surface area contributed by atoms with E-state index in [-0.39, 0.29) is 0 Å². The van der Waals surface area contributed by atoms with Crippen LogP contribution in [0.5, 0.6) is 0 Å². The van der Waals surface area contributed by atoms with Gasteiger partial charge in [-0.05, 0) is 38.8 Å². The highest BCUT2D eigenvalue weighted by Gasteiger charge is 2.24. The quantitative estimate of drug-likeness (QED) is 0.837. The first-order valence-corrected chi connectivity index (χ1v) is 8.42. The number of hydrogen-bond acceptors (Lipinski definition) is 3. The van der Waals surface area contributed by atoms with Crippen LogP contribution in [0.25, 0.3) is 0 Å². The van der Waals surface area contributed by atoms with Crippen LogP contribution in [-0.4, -0.2) is 48.1 Å². The molecule has 0 aliphatic carbocycles. The highest BCUT2D eigenvalue weighted by Crippen LogP contribution is 2.19. The van der Waals surface area contributed by atoms with Crippen LogP contribution in [0.2, 0.25) is 0 Å². The predicted octanol–water partition coefficient (Wildman–Crippen LogP) is 2.71. The zero-order chi connectivity index (χ0) is 15.1. The number of piperidine rings is 1. The molecule has 2 N–H and O–H groups in total. The van der Waals surface area contributed by atoms with Crippen molar-refractivity contribution in [3.8, 4) is 0 Å². The molecule has 1 aromatic rings. The molecule has 1 aromatic carbocycles. The normalized spacial score (nSPS) is 20.3. The molecule has 1 atom stereocenters. The molecule has 0 bridgehead atoms. The van der Waals surface area contributed by atoms with Gasteiger partial charge in [-0.2, -0.15) is 0 Å². The van der Waals surface area contributed by atoms with Gasteiger partial charge in [-0.15, -0.1) is 0 Å². The van der Waals surface area contributed by atoms with E-state index in [1.807, 2.05) is 0 Å². The van der Waals surface area contributed by atoms with E-state index in [9.17, 15) is 0 Å². The molecule has 0 saturated carbocycles. The summed E-state index contributed by atoms with van der Waals surface area (Å²) in [5.74, 6) is 0. The van der Waals surface area contributed by atoms with Crippen molar-refractivity contribution in [2.75, 3.05) is 26.2 Å². The lowest BCUT2D eigenvalue weighted by Gasteiger charge is -2.40. The maximum atomic E-state index is 5.78. The van der Waals surface area contributed by atoms with Crippen molar-refractivity contribution in [3.63, 3.8) is 0 Å². The third-order valence-corrected chi connectivity index (χ3v) is 4.57. The van der Waals surface area contributed by atoms with Gasteiger partial charge in [-0.3, -0.25) is 9.80 Å². The summed E-state index contributed by atoms with van der Waals surface area (Å²) in [4.78, 5) is 5.21. The zero-order valence-corrected chi connectivity index (χ0v) is 13.7. The minimum Gasteiger partial charge on any atom is -0.329 e. The second-order valence-corrected chi connectivity index (χ2v) is 6.48. The summed E-state index contributed by atoms with van der Waals surface area (Å²) in [6.07, 6.45) is 4.01. The topological polar surface area (TPSA) is 32.5 Å².